The summed E-state index contributed by atoms with van der Waals surface area (Å²) >= 11 is 0. The highest BCUT2D eigenvalue weighted by atomic mass is 16.5. The molecule has 0 bridgehead atoms. The molecule has 1 aliphatic rings. The molecule has 1 aliphatic heterocycles. The third-order valence-corrected chi connectivity index (χ3v) is 6.47. The van der Waals surface area contributed by atoms with Gasteiger partial charge in [0.2, 0.25) is 5.91 Å². The van der Waals surface area contributed by atoms with E-state index < -0.39 is 6.04 Å². The maximum atomic E-state index is 13.3. The van der Waals surface area contributed by atoms with Gasteiger partial charge in [0.1, 0.15) is 11.9 Å². The van der Waals surface area contributed by atoms with Gasteiger partial charge in [-0.2, -0.15) is 5.26 Å². The van der Waals surface area contributed by atoms with E-state index in [1.165, 1.54) is 0 Å². The average molecular weight is 470 g/mol. The van der Waals surface area contributed by atoms with Gasteiger partial charge in [0.15, 0.2) is 0 Å². The lowest BCUT2D eigenvalue weighted by Crippen LogP contribution is -2.35. The number of nitriles is 1. The van der Waals surface area contributed by atoms with Crippen LogP contribution in [0.5, 0.6) is 0 Å². The first-order valence-corrected chi connectivity index (χ1v) is 11.9. The van der Waals surface area contributed by atoms with E-state index in [9.17, 15) is 4.79 Å². The van der Waals surface area contributed by atoms with Crippen molar-refractivity contribution in [2.75, 3.05) is 37.0 Å². The maximum absolute atomic E-state index is 13.3. The molecule has 4 rings (SSSR count). The Morgan fingerprint density at radius 1 is 1.14 bits per heavy atom. The minimum absolute atomic E-state index is 0.163. The van der Waals surface area contributed by atoms with E-state index in [1.807, 2.05) is 66.7 Å². The third-order valence-electron chi connectivity index (χ3n) is 6.47. The van der Waals surface area contributed by atoms with Crippen molar-refractivity contribution in [3.63, 3.8) is 0 Å². The summed E-state index contributed by atoms with van der Waals surface area (Å²) in [6.45, 7) is 4.48. The number of ether oxygens (including phenoxy) is 1. The summed E-state index contributed by atoms with van der Waals surface area (Å²) in [5.74, 6) is 0.517. The van der Waals surface area contributed by atoms with Crippen LogP contribution in [0.2, 0.25) is 0 Å². The SMILES string of the molecule is CO[C@@H]1CCN(c2ccc(NC(=O)[C@@H](NC[C@H](C)c3ccc(C#N)cc3)c3ccccc3)nc2)C1. The fourth-order valence-corrected chi connectivity index (χ4v) is 4.31. The van der Waals surface area contributed by atoms with Crippen molar-refractivity contribution in [3.05, 3.63) is 89.6 Å². The van der Waals surface area contributed by atoms with Crippen LogP contribution in [0.3, 0.4) is 0 Å². The molecule has 3 atom stereocenters. The van der Waals surface area contributed by atoms with Crippen LogP contribution in [-0.2, 0) is 9.53 Å². The first-order chi connectivity index (χ1) is 17.1. The average Bonchev–Trinajstić information content (AvgIpc) is 3.39. The van der Waals surface area contributed by atoms with E-state index in [4.69, 9.17) is 10.00 Å². The molecule has 0 aliphatic carbocycles. The largest absolute Gasteiger partial charge is 0.380 e. The van der Waals surface area contributed by atoms with Gasteiger partial charge in [0.05, 0.1) is 29.6 Å². The zero-order valence-corrected chi connectivity index (χ0v) is 20.1. The molecule has 2 N–H and O–H groups in total. The summed E-state index contributed by atoms with van der Waals surface area (Å²) in [5, 5.41) is 15.4. The molecule has 0 unspecified atom stereocenters. The zero-order chi connectivity index (χ0) is 24.6. The normalized spacial score (nSPS) is 16.9. The van der Waals surface area contributed by atoms with Crippen LogP contribution in [0.25, 0.3) is 0 Å². The molecule has 2 heterocycles. The van der Waals surface area contributed by atoms with E-state index in [0.717, 1.165) is 36.3 Å². The number of nitrogens with zero attached hydrogens (tertiary/aromatic N) is 3. The number of carbonyl (C=O) groups is 1. The van der Waals surface area contributed by atoms with Crippen molar-refractivity contribution in [3.8, 4) is 6.07 Å². The Bertz CT molecular complexity index is 1140. The number of hydrogen-bond acceptors (Lipinski definition) is 6. The van der Waals surface area contributed by atoms with Gasteiger partial charge >= 0.3 is 0 Å². The van der Waals surface area contributed by atoms with E-state index in [2.05, 4.69) is 33.5 Å². The summed E-state index contributed by atoms with van der Waals surface area (Å²) in [4.78, 5) is 20.0. The molecule has 2 aromatic carbocycles. The lowest BCUT2D eigenvalue weighted by molar-refractivity contribution is -0.118. The van der Waals surface area contributed by atoms with Gasteiger partial charge in [0, 0.05) is 26.7 Å². The molecule has 180 valence electrons. The van der Waals surface area contributed by atoms with Crippen LogP contribution in [0.1, 0.15) is 42.0 Å². The standard InChI is InChI=1S/C28H31N5O2/c1-20(22-10-8-21(16-29)9-11-22)17-31-27(23-6-4-3-5-7-23)28(34)32-26-13-12-24(18-30-26)33-15-14-25(19-33)35-2/h3-13,18,20,25,27,31H,14-15,17,19H2,1-2H3,(H,30,32,34)/t20-,25+,27-/m0/s1. The molecule has 1 amide bonds. The maximum Gasteiger partial charge on any atom is 0.247 e. The molecule has 7 nitrogen and oxygen atoms in total. The van der Waals surface area contributed by atoms with E-state index in [0.29, 0.717) is 17.9 Å². The predicted octanol–water partition coefficient (Wildman–Crippen LogP) is 4.25. The Labute approximate surface area is 206 Å². The van der Waals surface area contributed by atoms with Crippen molar-refractivity contribution >= 4 is 17.4 Å². The number of methoxy groups -OCH3 is 1. The lowest BCUT2D eigenvalue weighted by atomic mass is 9.98. The molecule has 0 saturated carbocycles. The van der Waals surface area contributed by atoms with Crippen molar-refractivity contribution < 1.29 is 9.53 Å². The van der Waals surface area contributed by atoms with E-state index in [-0.39, 0.29) is 17.9 Å². The van der Waals surface area contributed by atoms with E-state index in [1.54, 1.807) is 13.3 Å². The van der Waals surface area contributed by atoms with Gasteiger partial charge in [-0.15, -0.1) is 0 Å². The molecule has 1 saturated heterocycles. The number of aromatic nitrogens is 1. The number of anilines is 2. The highest BCUT2D eigenvalue weighted by molar-refractivity contribution is 5.94. The number of amides is 1. The van der Waals surface area contributed by atoms with E-state index >= 15 is 0 Å². The van der Waals surface area contributed by atoms with Gasteiger partial charge in [-0.1, -0.05) is 49.4 Å². The Morgan fingerprint density at radius 2 is 1.91 bits per heavy atom. The highest BCUT2D eigenvalue weighted by Gasteiger charge is 2.24. The van der Waals surface area contributed by atoms with Crippen LogP contribution in [-0.4, -0.2) is 43.7 Å². The van der Waals surface area contributed by atoms with Crippen molar-refractivity contribution in [1.82, 2.24) is 10.3 Å². The number of benzene rings is 2. The minimum atomic E-state index is -0.528. The summed E-state index contributed by atoms with van der Waals surface area (Å²) in [6.07, 6.45) is 3.05. The van der Waals surface area contributed by atoms with Crippen molar-refractivity contribution in [2.24, 2.45) is 0 Å². The second kappa shape index (κ2) is 11.6. The smallest absolute Gasteiger partial charge is 0.247 e. The first-order valence-electron chi connectivity index (χ1n) is 11.9. The fraction of sp³-hybridized carbons (Fsp3) is 0.321. The van der Waals surface area contributed by atoms with Crippen LogP contribution in [0.15, 0.2) is 72.9 Å². The molecule has 35 heavy (non-hydrogen) atoms. The van der Waals surface area contributed by atoms with Gasteiger partial charge in [-0.25, -0.2) is 4.98 Å². The summed E-state index contributed by atoms with van der Waals surface area (Å²) in [5.41, 5.74) is 3.66. The zero-order valence-electron chi connectivity index (χ0n) is 20.1. The lowest BCUT2D eigenvalue weighted by Gasteiger charge is -2.22. The fourth-order valence-electron chi connectivity index (χ4n) is 4.31. The quantitative estimate of drug-likeness (QED) is 0.487. The number of carbonyl (C=O) groups excluding carboxylic acids is 1. The van der Waals surface area contributed by atoms with Crippen LogP contribution >= 0.6 is 0 Å². The Hall–Kier alpha value is -3.73. The molecular formula is C28H31N5O2. The molecular weight excluding hydrogens is 438 g/mol. The summed E-state index contributed by atoms with van der Waals surface area (Å²) in [6, 6.07) is 22.7. The Balaban J connectivity index is 1.42. The van der Waals surface area contributed by atoms with Crippen LogP contribution < -0.4 is 15.5 Å². The molecule has 0 spiro atoms. The third kappa shape index (κ3) is 6.24. The highest BCUT2D eigenvalue weighted by Crippen LogP contribution is 2.23. The topological polar surface area (TPSA) is 90.3 Å². The Kier molecular flexibility index (Phi) is 8.09. The van der Waals surface area contributed by atoms with Crippen molar-refractivity contribution in [2.45, 2.75) is 31.4 Å². The minimum Gasteiger partial charge on any atom is -0.380 e. The number of hydrogen-bond donors (Lipinski definition) is 2. The number of rotatable bonds is 9. The van der Waals surface area contributed by atoms with Gasteiger partial charge < -0.3 is 20.3 Å². The predicted molar refractivity (Wildman–Crippen MR) is 137 cm³/mol. The van der Waals surface area contributed by atoms with Gasteiger partial charge in [-0.05, 0) is 47.7 Å². The molecule has 7 heteroatoms. The molecule has 3 aromatic rings. The molecule has 0 radical (unpaired) electrons. The monoisotopic (exact) mass is 469 g/mol. The van der Waals surface area contributed by atoms with Crippen LogP contribution in [0, 0.1) is 11.3 Å². The first kappa shape index (κ1) is 24.4. The molecule has 1 aromatic heterocycles. The van der Waals surface area contributed by atoms with Gasteiger partial charge in [-0.3, -0.25) is 4.79 Å². The van der Waals surface area contributed by atoms with Crippen molar-refractivity contribution in [1.29, 1.82) is 5.26 Å². The summed E-state index contributed by atoms with van der Waals surface area (Å²) in [7, 11) is 1.74. The van der Waals surface area contributed by atoms with Crippen LogP contribution in [0.4, 0.5) is 11.5 Å². The van der Waals surface area contributed by atoms with Gasteiger partial charge in [0.25, 0.3) is 0 Å². The number of pyridine rings is 1. The Morgan fingerprint density at radius 3 is 2.54 bits per heavy atom. The second-order valence-corrected chi connectivity index (χ2v) is 8.87. The summed E-state index contributed by atoms with van der Waals surface area (Å²) < 4.78 is 5.45. The molecule has 1 fully saturated rings. The second-order valence-electron chi connectivity index (χ2n) is 8.87. The number of nitrogens with one attached hydrogen (secondary N) is 2.